The molecule has 1 rings (SSSR count). The van der Waals surface area contributed by atoms with E-state index in [4.69, 9.17) is 9.47 Å². The molecule has 0 aliphatic carbocycles. The number of nitrogens with zero attached hydrogens (tertiary/aromatic N) is 1. The van der Waals surface area contributed by atoms with Gasteiger partial charge in [0.1, 0.15) is 11.6 Å². The zero-order chi connectivity index (χ0) is 19.0. The first-order chi connectivity index (χ1) is 11.7. The second-order valence-electron chi connectivity index (χ2n) is 6.46. The van der Waals surface area contributed by atoms with Crippen molar-refractivity contribution in [3.8, 4) is 0 Å². The molecule has 1 amide bonds. The zero-order valence-electron chi connectivity index (χ0n) is 15.3. The number of carbonyl (C=O) groups is 3. The Hall–Kier alpha value is -2.63. The van der Waals surface area contributed by atoms with E-state index in [9.17, 15) is 14.4 Å². The summed E-state index contributed by atoms with van der Waals surface area (Å²) in [6.45, 7) is 6.95. The first-order valence-electron chi connectivity index (χ1n) is 7.99. The van der Waals surface area contributed by atoms with Crippen LogP contribution in [0.15, 0.2) is 42.5 Å². The van der Waals surface area contributed by atoms with Crippen LogP contribution in [0.25, 0.3) is 0 Å². The number of esters is 2. The highest BCUT2D eigenvalue weighted by atomic mass is 16.6. The SMILES string of the molecule is COC(=O)[C@H](C)N(C/C=C/C(=O)OC(C)(C)C)C(=O)c1ccccc1. The van der Waals surface area contributed by atoms with Gasteiger partial charge in [-0.1, -0.05) is 24.3 Å². The van der Waals surface area contributed by atoms with E-state index < -0.39 is 23.6 Å². The number of hydrogen-bond acceptors (Lipinski definition) is 5. The van der Waals surface area contributed by atoms with Gasteiger partial charge in [0, 0.05) is 18.2 Å². The second kappa shape index (κ2) is 9.01. The second-order valence-corrected chi connectivity index (χ2v) is 6.46. The van der Waals surface area contributed by atoms with Gasteiger partial charge >= 0.3 is 11.9 Å². The molecule has 0 aromatic heterocycles. The summed E-state index contributed by atoms with van der Waals surface area (Å²) >= 11 is 0. The summed E-state index contributed by atoms with van der Waals surface area (Å²) in [5.41, 5.74) is -0.149. The lowest BCUT2D eigenvalue weighted by molar-refractivity contribution is -0.148. The first kappa shape index (κ1) is 20.4. The lowest BCUT2D eigenvalue weighted by atomic mass is 10.1. The topological polar surface area (TPSA) is 72.9 Å². The summed E-state index contributed by atoms with van der Waals surface area (Å²) in [6, 6.07) is 7.82. The van der Waals surface area contributed by atoms with Crippen LogP contribution in [0, 0.1) is 0 Å². The molecule has 0 radical (unpaired) electrons. The molecule has 1 aromatic rings. The van der Waals surface area contributed by atoms with Gasteiger partial charge in [-0.3, -0.25) is 4.79 Å². The van der Waals surface area contributed by atoms with Gasteiger partial charge in [-0.15, -0.1) is 0 Å². The molecule has 0 unspecified atom stereocenters. The summed E-state index contributed by atoms with van der Waals surface area (Å²) in [5.74, 6) is -1.37. The van der Waals surface area contributed by atoms with Gasteiger partial charge in [-0.25, -0.2) is 9.59 Å². The molecule has 0 heterocycles. The zero-order valence-corrected chi connectivity index (χ0v) is 15.3. The van der Waals surface area contributed by atoms with Crippen LogP contribution in [0.4, 0.5) is 0 Å². The molecule has 6 nitrogen and oxygen atoms in total. The molecule has 0 saturated heterocycles. The van der Waals surface area contributed by atoms with E-state index in [1.807, 2.05) is 0 Å². The Labute approximate surface area is 148 Å². The standard InChI is InChI=1S/C19H25NO5/c1-14(18(23)24-5)20(17(22)15-10-7-6-8-11-15)13-9-12-16(21)25-19(2,3)4/h6-12,14H,13H2,1-5H3/b12-9+/t14-/m0/s1. The molecule has 1 atom stereocenters. The molecule has 6 heteroatoms. The third-order valence-corrected chi connectivity index (χ3v) is 3.25. The van der Waals surface area contributed by atoms with Crippen LogP contribution in [-0.2, 0) is 19.1 Å². The fourth-order valence-corrected chi connectivity index (χ4v) is 2.06. The van der Waals surface area contributed by atoms with E-state index in [-0.39, 0.29) is 12.5 Å². The van der Waals surface area contributed by atoms with Crippen molar-refractivity contribution in [1.82, 2.24) is 4.90 Å². The summed E-state index contributed by atoms with van der Waals surface area (Å²) in [7, 11) is 1.26. The smallest absolute Gasteiger partial charge is 0.331 e. The minimum atomic E-state index is -0.791. The lowest BCUT2D eigenvalue weighted by Gasteiger charge is -2.26. The predicted octanol–water partition coefficient (Wildman–Crippen LogP) is 2.59. The van der Waals surface area contributed by atoms with E-state index in [0.717, 1.165) is 0 Å². The highest BCUT2D eigenvalue weighted by molar-refractivity contribution is 5.96. The third-order valence-electron chi connectivity index (χ3n) is 3.25. The molecule has 0 bridgehead atoms. The van der Waals surface area contributed by atoms with Crippen molar-refractivity contribution in [3.63, 3.8) is 0 Å². The Balaban J connectivity index is 2.91. The van der Waals surface area contributed by atoms with Gasteiger partial charge in [0.05, 0.1) is 7.11 Å². The molecule has 0 fully saturated rings. The number of rotatable bonds is 6. The minimum Gasteiger partial charge on any atom is -0.467 e. The van der Waals surface area contributed by atoms with E-state index >= 15 is 0 Å². The van der Waals surface area contributed by atoms with E-state index in [1.165, 1.54) is 24.2 Å². The maximum absolute atomic E-state index is 12.7. The van der Waals surface area contributed by atoms with Crippen LogP contribution in [-0.4, -0.2) is 48.0 Å². The third kappa shape index (κ3) is 6.79. The van der Waals surface area contributed by atoms with Crippen LogP contribution in [0.5, 0.6) is 0 Å². The van der Waals surface area contributed by atoms with Crippen LogP contribution in [0.1, 0.15) is 38.1 Å². The average Bonchev–Trinajstić information content (AvgIpc) is 2.56. The first-order valence-corrected chi connectivity index (χ1v) is 7.99. The van der Waals surface area contributed by atoms with Crippen LogP contribution in [0.2, 0.25) is 0 Å². The predicted molar refractivity (Wildman–Crippen MR) is 93.9 cm³/mol. The molecule has 136 valence electrons. The number of benzene rings is 1. The number of hydrogen-bond donors (Lipinski definition) is 0. The maximum atomic E-state index is 12.7. The number of ether oxygens (including phenoxy) is 2. The van der Waals surface area contributed by atoms with Crippen molar-refractivity contribution in [1.29, 1.82) is 0 Å². The Kier molecular flexibility index (Phi) is 7.36. The maximum Gasteiger partial charge on any atom is 0.331 e. The van der Waals surface area contributed by atoms with Gasteiger partial charge in [-0.05, 0) is 39.8 Å². The van der Waals surface area contributed by atoms with Crippen molar-refractivity contribution in [2.45, 2.75) is 39.3 Å². The Morgan fingerprint density at radius 3 is 2.28 bits per heavy atom. The van der Waals surface area contributed by atoms with Crippen LogP contribution < -0.4 is 0 Å². The highest BCUT2D eigenvalue weighted by Crippen LogP contribution is 2.11. The normalized spacial score (nSPS) is 12.5. The van der Waals surface area contributed by atoms with Crippen LogP contribution in [0.3, 0.4) is 0 Å². The Morgan fingerprint density at radius 1 is 1.16 bits per heavy atom. The Bertz CT molecular complexity index is 631. The van der Waals surface area contributed by atoms with Crippen molar-refractivity contribution < 1.29 is 23.9 Å². The molecular formula is C19H25NO5. The van der Waals surface area contributed by atoms with Gasteiger partial charge in [-0.2, -0.15) is 0 Å². The van der Waals surface area contributed by atoms with Gasteiger partial charge < -0.3 is 14.4 Å². The minimum absolute atomic E-state index is 0.0727. The summed E-state index contributed by atoms with van der Waals surface area (Å²) in [5, 5.41) is 0. The number of carbonyl (C=O) groups excluding carboxylic acids is 3. The molecule has 0 aliphatic rings. The largest absolute Gasteiger partial charge is 0.467 e. The highest BCUT2D eigenvalue weighted by Gasteiger charge is 2.26. The fourth-order valence-electron chi connectivity index (χ4n) is 2.06. The van der Waals surface area contributed by atoms with Crippen LogP contribution >= 0.6 is 0 Å². The van der Waals surface area contributed by atoms with Gasteiger partial charge in [0.25, 0.3) is 5.91 Å². The van der Waals surface area contributed by atoms with Crippen molar-refractivity contribution in [3.05, 3.63) is 48.0 Å². The van der Waals surface area contributed by atoms with Crippen molar-refractivity contribution >= 4 is 17.8 Å². The molecule has 0 spiro atoms. The molecule has 1 aromatic carbocycles. The molecule has 0 saturated carbocycles. The molecule has 25 heavy (non-hydrogen) atoms. The number of amides is 1. The van der Waals surface area contributed by atoms with Gasteiger partial charge in [0.15, 0.2) is 0 Å². The lowest BCUT2D eigenvalue weighted by Crippen LogP contribution is -2.44. The fraction of sp³-hybridized carbons (Fsp3) is 0.421. The molecule has 0 N–H and O–H groups in total. The number of methoxy groups -OCH3 is 1. The van der Waals surface area contributed by atoms with E-state index in [1.54, 1.807) is 58.0 Å². The summed E-state index contributed by atoms with van der Waals surface area (Å²) in [4.78, 5) is 37.6. The van der Waals surface area contributed by atoms with Gasteiger partial charge in [0.2, 0.25) is 0 Å². The quantitative estimate of drug-likeness (QED) is 0.584. The monoisotopic (exact) mass is 347 g/mol. The average molecular weight is 347 g/mol. The van der Waals surface area contributed by atoms with Crippen molar-refractivity contribution in [2.24, 2.45) is 0 Å². The summed E-state index contributed by atoms with van der Waals surface area (Å²) in [6.07, 6.45) is 2.74. The van der Waals surface area contributed by atoms with Crippen molar-refractivity contribution in [2.75, 3.05) is 13.7 Å². The Morgan fingerprint density at radius 2 is 1.76 bits per heavy atom. The van der Waals surface area contributed by atoms with E-state index in [2.05, 4.69) is 0 Å². The molecule has 0 aliphatic heterocycles. The van der Waals surface area contributed by atoms with E-state index in [0.29, 0.717) is 5.56 Å². The molecular weight excluding hydrogens is 322 g/mol. The summed E-state index contributed by atoms with van der Waals surface area (Å²) < 4.78 is 9.90.